The zero-order chi connectivity index (χ0) is 23.1. The number of rotatable bonds is 4. The van der Waals surface area contributed by atoms with Gasteiger partial charge in [0.05, 0.1) is 28.4 Å². The van der Waals surface area contributed by atoms with E-state index >= 15 is 0 Å². The van der Waals surface area contributed by atoms with Crippen LogP contribution in [0.1, 0.15) is 47.1 Å². The maximum atomic E-state index is 13.3. The minimum atomic E-state index is -0.308. The van der Waals surface area contributed by atoms with Gasteiger partial charge in [-0.2, -0.15) is 5.26 Å². The summed E-state index contributed by atoms with van der Waals surface area (Å²) in [6.45, 7) is 12.7. The molecule has 1 aliphatic heterocycles. The molecule has 0 atom stereocenters. The van der Waals surface area contributed by atoms with Gasteiger partial charge in [0.1, 0.15) is 17.9 Å². The molecule has 31 heavy (non-hydrogen) atoms. The Morgan fingerprint density at radius 1 is 1.29 bits per heavy atom. The van der Waals surface area contributed by atoms with E-state index in [2.05, 4.69) is 43.7 Å². The number of nitrogens with zero attached hydrogens (tertiary/aromatic N) is 4. The van der Waals surface area contributed by atoms with Gasteiger partial charge < -0.3 is 9.64 Å². The number of carbonyl (C=O) groups excluding carboxylic acids is 1. The molecule has 0 bridgehead atoms. The van der Waals surface area contributed by atoms with Crippen LogP contribution in [0.3, 0.4) is 0 Å². The Morgan fingerprint density at radius 2 is 1.94 bits per heavy atom. The zero-order valence-electron chi connectivity index (χ0n) is 19.2. The Balaban J connectivity index is 1.88. The molecule has 1 saturated heterocycles. The first-order valence-corrected chi connectivity index (χ1v) is 10.7. The average molecular weight is 441 g/mol. The first-order chi connectivity index (χ1) is 14.4. The van der Waals surface area contributed by atoms with Gasteiger partial charge in [-0.3, -0.25) is 14.8 Å². The first kappa shape index (κ1) is 23.0. The highest BCUT2D eigenvalue weighted by atomic mass is 35.5. The summed E-state index contributed by atoms with van der Waals surface area (Å²) in [5, 5.41) is 9.46. The number of carbonyl (C=O) groups is 1. The van der Waals surface area contributed by atoms with E-state index in [1.807, 2.05) is 18.7 Å². The van der Waals surface area contributed by atoms with Crippen molar-refractivity contribution in [3.63, 3.8) is 0 Å². The van der Waals surface area contributed by atoms with Crippen LogP contribution in [-0.4, -0.2) is 48.0 Å². The number of hydrogen-bond acceptors (Lipinski definition) is 5. The number of hydrogen-bond donors (Lipinski definition) is 0. The molecule has 1 saturated carbocycles. The summed E-state index contributed by atoms with van der Waals surface area (Å²) in [6, 6.07) is 7.12. The van der Waals surface area contributed by atoms with Crippen LogP contribution < -0.4 is 4.74 Å². The van der Waals surface area contributed by atoms with Gasteiger partial charge in [0.25, 0.3) is 5.91 Å². The molecule has 0 spiro atoms. The second-order valence-electron chi connectivity index (χ2n) is 9.52. The van der Waals surface area contributed by atoms with Gasteiger partial charge in [0.2, 0.25) is 0 Å². The van der Waals surface area contributed by atoms with E-state index in [1.54, 1.807) is 31.4 Å². The molecule has 0 N–H and O–H groups in total. The van der Waals surface area contributed by atoms with Crippen molar-refractivity contribution in [1.82, 2.24) is 4.90 Å². The zero-order valence-corrected chi connectivity index (χ0v) is 19.9. The Bertz CT molecular complexity index is 1030. The van der Waals surface area contributed by atoms with Crippen LogP contribution in [0.25, 0.3) is 0 Å². The molecule has 2 aliphatic rings. The van der Waals surface area contributed by atoms with Crippen molar-refractivity contribution >= 4 is 28.9 Å². The topological polar surface area (TPSA) is 78.0 Å². The predicted molar refractivity (Wildman–Crippen MR) is 124 cm³/mol. The number of amides is 1. The van der Waals surface area contributed by atoms with E-state index < -0.39 is 0 Å². The smallest absolute Gasteiger partial charge is 0.257 e. The summed E-state index contributed by atoms with van der Waals surface area (Å²) >= 11 is 6.18. The predicted octanol–water partition coefficient (Wildman–Crippen LogP) is 4.67. The van der Waals surface area contributed by atoms with Crippen molar-refractivity contribution in [3.05, 3.63) is 40.6 Å². The van der Waals surface area contributed by atoms with Crippen LogP contribution in [0, 0.1) is 22.2 Å². The number of halogens is 1. The fourth-order valence-corrected chi connectivity index (χ4v) is 5.54. The van der Waals surface area contributed by atoms with Crippen molar-refractivity contribution in [1.29, 1.82) is 5.26 Å². The van der Waals surface area contributed by atoms with Crippen molar-refractivity contribution < 1.29 is 9.53 Å². The molecule has 3 rings (SSSR count). The Morgan fingerprint density at radius 3 is 2.45 bits per heavy atom. The third-order valence-electron chi connectivity index (χ3n) is 6.23. The van der Waals surface area contributed by atoms with Gasteiger partial charge in [-0.05, 0) is 26.0 Å². The SMILES string of the molecule is C/N=C1/CN([C@H]2C(C)(C)[C@H](Oc3ccc(C#N)c(Cl)c3)C2(C)C)C(=O)/C1=C/N=C(C)C. The van der Waals surface area contributed by atoms with Gasteiger partial charge in [0, 0.05) is 41.9 Å². The van der Waals surface area contributed by atoms with Crippen molar-refractivity contribution in [2.75, 3.05) is 13.6 Å². The number of aliphatic imine (C=N–C) groups is 2. The molecule has 1 aromatic carbocycles. The van der Waals surface area contributed by atoms with Crippen molar-refractivity contribution in [2.45, 2.75) is 53.7 Å². The van der Waals surface area contributed by atoms with Crippen molar-refractivity contribution in [2.24, 2.45) is 20.8 Å². The standard InChI is InChI=1S/C24H29ClN4O2/c1-14(2)28-12-17-19(27-7)13-29(20(17)30)21-23(3,4)22(24(21,5)6)31-16-9-8-15(11-26)18(25)10-16/h8-10,12,21-22H,13H2,1-7H3/b17-12+,27-19-/t21-,22-. The fraction of sp³-hybridized carbons (Fsp3) is 0.500. The highest BCUT2D eigenvalue weighted by molar-refractivity contribution is 6.31. The number of nitriles is 1. The van der Waals surface area contributed by atoms with E-state index in [9.17, 15) is 4.79 Å². The highest BCUT2D eigenvalue weighted by Crippen LogP contribution is 2.58. The average Bonchev–Trinajstić information content (AvgIpc) is 2.99. The van der Waals surface area contributed by atoms with Gasteiger partial charge in [-0.15, -0.1) is 0 Å². The molecule has 164 valence electrons. The molecule has 1 aromatic rings. The van der Waals surface area contributed by atoms with Crippen LogP contribution >= 0.6 is 11.6 Å². The van der Waals surface area contributed by atoms with Crippen LogP contribution in [0.2, 0.25) is 5.02 Å². The lowest BCUT2D eigenvalue weighted by Gasteiger charge is -2.65. The molecule has 0 unspecified atom stereocenters. The molecule has 2 fully saturated rings. The lowest BCUT2D eigenvalue weighted by Crippen LogP contribution is -2.74. The van der Waals surface area contributed by atoms with Gasteiger partial charge in [0.15, 0.2) is 0 Å². The largest absolute Gasteiger partial charge is 0.489 e. The summed E-state index contributed by atoms with van der Waals surface area (Å²) in [6.07, 6.45) is 1.48. The fourth-order valence-electron chi connectivity index (χ4n) is 5.33. The lowest BCUT2D eigenvalue weighted by atomic mass is 9.49. The monoisotopic (exact) mass is 440 g/mol. The second kappa shape index (κ2) is 8.12. The normalized spacial score (nSPS) is 26.5. The molecule has 6 nitrogen and oxygen atoms in total. The number of ether oxygens (including phenoxy) is 1. The lowest BCUT2D eigenvalue weighted by molar-refractivity contribution is -0.206. The van der Waals surface area contributed by atoms with Crippen LogP contribution in [0.5, 0.6) is 5.75 Å². The molecule has 0 radical (unpaired) electrons. The van der Waals surface area contributed by atoms with Gasteiger partial charge >= 0.3 is 0 Å². The van der Waals surface area contributed by atoms with E-state index in [0.717, 1.165) is 11.4 Å². The second-order valence-corrected chi connectivity index (χ2v) is 9.93. The van der Waals surface area contributed by atoms with Crippen LogP contribution in [0.15, 0.2) is 40.0 Å². The van der Waals surface area contributed by atoms with Gasteiger partial charge in [-0.1, -0.05) is 39.3 Å². The quantitative estimate of drug-likeness (QED) is 0.504. The summed E-state index contributed by atoms with van der Waals surface area (Å²) in [5.74, 6) is 0.571. The highest BCUT2D eigenvalue weighted by Gasteiger charge is 2.67. The molecule has 1 heterocycles. The molecule has 1 aliphatic carbocycles. The Hall–Kier alpha value is -2.65. The Labute approximate surface area is 189 Å². The van der Waals surface area contributed by atoms with Crippen LogP contribution in [0.4, 0.5) is 0 Å². The van der Waals surface area contributed by atoms with E-state index in [0.29, 0.717) is 28.5 Å². The third-order valence-corrected chi connectivity index (χ3v) is 6.54. The molecular formula is C24H29ClN4O2. The molecular weight excluding hydrogens is 412 g/mol. The van der Waals surface area contributed by atoms with Gasteiger partial charge in [-0.25, -0.2) is 0 Å². The van der Waals surface area contributed by atoms with E-state index in [4.69, 9.17) is 21.6 Å². The summed E-state index contributed by atoms with van der Waals surface area (Å²) in [7, 11) is 1.71. The Kier molecular flexibility index (Phi) is 6.03. The summed E-state index contributed by atoms with van der Waals surface area (Å²) in [5.41, 5.74) is 1.99. The maximum Gasteiger partial charge on any atom is 0.257 e. The summed E-state index contributed by atoms with van der Waals surface area (Å²) < 4.78 is 6.35. The first-order valence-electron chi connectivity index (χ1n) is 10.3. The minimum Gasteiger partial charge on any atom is -0.489 e. The third kappa shape index (κ3) is 3.87. The number of benzene rings is 1. The summed E-state index contributed by atoms with van der Waals surface area (Å²) in [4.78, 5) is 23.9. The van der Waals surface area contributed by atoms with E-state index in [1.165, 1.54) is 0 Å². The molecule has 0 aromatic heterocycles. The number of likely N-dealkylation sites (tertiary alicyclic amines) is 1. The van der Waals surface area contributed by atoms with Crippen molar-refractivity contribution in [3.8, 4) is 11.8 Å². The maximum absolute atomic E-state index is 13.3. The molecule has 7 heteroatoms. The van der Waals surface area contributed by atoms with Crippen LogP contribution in [-0.2, 0) is 4.79 Å². The van der Waals surface area contributed by atoms with E-state index in [-0.39, 0.29) is 28.9 Å². The molecule has 1 amide bonds. The minimum absolute atomic E-state index is 0.0410.